The maximum Gasteiger partial charge on any atom is 0.243 e. The predicted molar refractivity (Wildman–Crippen MR) is 122 cm³/mol. The molecule has 1 saturated heterocycles. The first-order valence-electron chi connectivity index (χ1n) is 9.90. The van der Waals surface area contributed by atoms with E-state index < -0.39 is 10.0 Å². The summed E-state index contributed by atoms with van der Waals surface area (Å²) in [4.78, 5) is 24.4. The van der Waals surface area contributed by atoms with Crippen LogP contribution >= 0.6 is 11.6 Å². The highest BCUT2D eigenvalue weighted by atomic mass is 35.5. The van der Waals surface area contributed by atoms with Gasteiger partial charge in [0.25, 0.3) is 0 Å². The average Bonchev–Trinajstić information content (AvgIpc) is 2.78. The van der Waals surface area contributed by atoms with Crippen molar-refractivity contribution in [1.82, 2.24) is 9.62 Å². The lowest BCUT2D eigenvalue weighted by molar-refractivity contribution is -0.128. The second-order valence-corrected chi connectivity index (χ2v) is 9.46. The molecule has 0 spiro atoms. The van der Waals surface area contributed by atoms with Crippen molar-refractivity contribution < 1.29 is 18.0 Å². The van der Waals surface area contributed by atoms with Crippen LogP contribution in [0.2, 0.25) is 5.02 Å². The number of amides is 2. The highest BCUT2D eigenvalue weighted by Gasteiger charge is 2.30. The molecule has 1 heterocycles. The van der Waals surface area contributed by atoms with Crippen molar-refractivity contribution >= 4 is 45.2 Å². The smallest absolute Gasteiger partial charge is 0.243 e. The summed E-state index contributed by atoms with van der Waals surface area (Å²) < 4.78 is 26.4. The summed E-state index contributed by atoms with van der Waals surface area (Å²) >= 11 is 5.81. The van der Waals surface area contributed by atoms with Crippen LogP contribution in [0.25, 0.3) is 6.08 Å². The molecule has 2 aromatic carbocycles. The Labute approximate surface area is 187 Å². The molecule has 2 amide bonds. The van der Waals surface area contributed by atoms with Crippen LogP contribution in [0.5, 0.6) is 0 Å². The van der Waals surface area contributed by atoms with Crippen molar-refractivity contribution in [2.24, 2.45) is 5.92 Å². The fourth-order valence-electron chi connectivity index (χ4n) is 3.24. The van der Waals surface area contributed by atoms with Crippen LogP contribution < -0.4 is 10.6 Å². The van der Waals surface area contributed by atoms with Gasteiger partial charge in [0.05, 0.1) is 6.54 Å². The zero-order valence-corrected chi connectivity index (χ0v) is 18.4. The molecule has 164 valence electrons. The van der Waals surface area contributed by atoms with Crippen LogP contribution in [-0.2, 0) is 19.6 Å². The Kier molecular flexibility index (Phi) is 7.84. The number of anilines is 1. The molecule has 2 aromatic rings. The first-order chi connectivity index (χ1) is 14.8. The van der Waals surface area contributed by atoms with E-state index in [9.17, 15) is 18.0 Å². The van der Waals surface area contributed by atoms with Gasteiger partial charge in [0.2, 0.25) is 21.8 Å². The first-order valence-corrected chi connectivity index (χ1v) is 11.8. The summed E-state index contributed by atoms with van der Waals surface area (Å²) in [6, 6.07) is 15.9. The summed E-state index contributed by atoms with van der Waals surface area (Å²) in [5.74, 6) is -0.919. The summed E-state index contributed by atoms with van der Waals surface area (Å²) in [6.07, 6.45) is 2.37. The molecule has 7 nitrogen and oxygen atoms in total. The molecule has 1 aliphatic rings. The van der Waals surface area contributed by atoms with Crippen LogP contribution in [0, 0.1) is 5.92 Å². The summed E-state index contributed by atoms with van der Waals surface area (Å²) in [7, 11) is -3.55. The number of rotatable bonds is 7. The van der Waals surface area contributed by atoms with Crippen LogP contribution in [0.1, 0.15) is 18.4 Å². The summed E-state index contributed by atoms with van der Waals surface area (Å²) in [6.45, 7) is 0.368. The SMILES string of the molecule is O=C(CNC(=O)C1CCN(S(=O)(=O)/C=C/c2ccccc2)CC1)Nc1ccc(Cl)cc1. The van der Waals surface area contributed by atoms with Crippen molar-refractivity contribution in [3.63, 3.8) is 0 Å². The average molecular weight is 462 g/mol. The van der Waals surface area contributed by atoms with E-state index in [-0.39, 0.29) is 37.4 Å². The minimum atomic E-state index is -3.55. The van der Waals surface area contributed by atoms with Gasteiger partial charge in [-0.2, -0.15) is 4.31 Å². The largest absolute Gasteiger partial charge is 0.347 e. The van der Waals surface area contributed by atoms with Gasteiger partial charge in [-0.25, -0.2) is 8.42 Å². The maximum atomic E-state index is 12.5. The number of carbonyl (C=O) groups is 2. The van der Waals surface area contributed by atoms with Crippen LogP contribution in [0.15, 0.2) is 60.0 Å². The molecular formula is C22H24ClN3O4S. The molecule has 31 heavy (non-hydrogen) atoms. The molecule has 0 atom stereocenters. The quantitative estimate of drug-likeness (QED) is 0.662. The molecular weight excluding hydrogens is 438 g/mol. The zero-order valence-electron chi connectivity index (χ0n) is 16.8. The van der Waals surface area contributed by atoms with E-state index >= 15 is 0 Å². The van der Waals surface area contributed by atoms with E-state index in [4.69, 9.17) is 11.6 Å². The number of hydrogen-bond acceptors (Lipinski definition) is 4. The van der Waals surface area contributed by atoms with E-state index in [0.717, 1.165) is 5.56 Å². The lowest BCUT2D eigenvalue weighted by atomic mass is 9.97. The van der Waals surface area contributed by atoms with Crippen molar-refractivity contribution in [2.75, 3.05) is 25.0 Å². The minimum absolute atomic E-state index is 0.153. The molecule has 1 aliphatic heterocycles. The highest BCUT2D eigenvalue weighted by molar-refractivity contribution is 7.92. The molecule has 0 aliphatic carbocycles. The van der Waals surface area contributed by atoms with E-state index in [1.807, 2.05) is 30.3 Å². The molecule has 0 aromatic heterocycles. The lowest BCUT2D eigenvalue weighted by Crippen LogP contribution is -2.43. The molecule has 3 rings (SSSR count). The molecule has 0 bridgehead atoms. The minimum Gasteiger partial charge on any atom is -0.347 e. The van der Waals surface area contributed by atoms with Gasteiger partial charge < -0.3 is 10.6 Å². The van der Waals surface area contributed by atoms with Gasteiger partial charge in [0.1, 0.15) is 0 Å². The van der Waals surface area contributed by atoms with Crippen molar-refractivity contribution in [1.29, 1.82) is 0 Å². The van der Waals surface area contributed by atoms with Gasteiger partial charge in [0.15, 0.2) is 0 Å². The van der Waals surface area contributed by atoms with E-state index in [2.05, 4.69) is 10.6 Å². The molecule has 2 N–H and O–H groups in total. The number of piperidine rings is 1. The van der Waals surface area contributed by atoms with Crippen molar-refractivity contribution in [2.45, 2.75) is 12.8 Å². The van der Waals surface area contributed by atoms with E-state index in [1.54, 1.807) is 30.3 Å². The maximum absolute atomic E-state index is 12.5. The van der Waals surface area contributed by atoms with Crippen molar-refractivity contribution in [3.8, 4) is 0 Å². The fourth-order valence-corrected chi connectivity index (χ4v) is 4.58. The third-order valence-corrected chi connectivity index (χ3v) is 6.78. The Morgan fingerprint density at radius 2 is 1.68 bits per heavy atom. The molecule has 9 heteroatoms. The second-order valence-electron chi connectivity index (χ2n) is 7.20. The topological polar surface area (TPSA) is 95.6 Å². The van der Waals surface area contributed by atoms with Gasteiger partial charge in [-0.1, -0.05) is 41.9 Å². The van der Waals surface area contributed by atoms with Crippen LogP contribution in [-0.4, -0.2) is 44.2 Å². The molecule has 0 unspecified atom stereocenters. The van der Waals surface area contributed by atoms with E-state index in [0.29, 0.717) is 23.6 Å². The number of halogens is 1. The Morgan fingerprint density at radius 3 is 2.32 bits per heavy atom. The Hall–Kier alpha value is -2.68. The fraction of sp³-hybridized carbons (Fsp3) is 0.273. The van der Waals surface area contributed by atoms with Crippen LogP contribution in [0.3, 0.4) is 0 Å². The zero-order chi connectivity index (χ0) is 22.3. The number of nitrogens with one attached hydrogen (secondary N) is 2. The number of sulfonamides is 1. The summed E-state index contributed by atoms with van der Waals surface area (Å²) in [5.41, 5.74) is 1.39. The van der Waals surface area contributed by atoms with Gasteiger partial charge in [0, 0.05) is 35.1 Å². The Balaban J connectivity index is 1.44. The molecule has 0 saturated carbocycles. The first kappa shape index (κ1) is 23.0. The number of nitrogens with zero attached hydrogens (tertiary/aromatic N) is 1. The van der Waals surface area contributed by atoms with E-state index in [1.165, 1.54) is 9.71 Å². The lowest BCUT2D eigenvalue weighted by Gasteiger charge is -2.29. The molecule has 1 fully saturated rings. The van der Waals surface area contributed by atoms with Crippen molar-refractivity contribution in [3.05, 3.63) is 70.6 Å². The normalized spacial score (nSPS) is 15.6. The Morgan fingerprint density at radius 1 is 1.03 bits per heavy atom. The number of carbonyl (C=O) groups excluding carboxylic acids is 2. The Bertz CT molecular complexity index is 1030. The van der Waals surface area contributed by atoms with Gasteiger partial charge in [-0.3, -0.25) is 9.59 Å². The van der Waals surface area contributed by atoms with Gasteiger partial charge in [-0.15, -0.1) is 0 Å². The summed E-state index contributed by atoms with van der Waals surface area (Å²) in [5, 5.41) is 7.06. The standard InChI is InChI=1S/C22H24ClN3O4S/c23-19-6-8-20(9-7-19)25-21(27)16-24-22(28)18-10-13-26(14-11-18)31(29,30)15-12-17-4-2-1-3-5-17/h1-9,12,15,18H,10-11,13-14,16H2,(H,24,28)(H,25,27)/b15-12+. The van der Waals surface area contributed by atoms with Gasteiger partial charge in [-0.05, 0) is 48.7 Å². The third-order valence-electron chi connectivity index (χ3n) is 4.97. The molecule has 0 radical (unpaired) electrons. The number of hydrogen-bond donors (Lipinski definition) is 2. The monoisotopic (exact) mass is 461 g/mol. The van der Waals surface area contributed by atoms with Gasteiger partial charge >= 0.3 is 0 Å². The van der Waals surface area contributed by atoms with Crippen LogP contribution in [0.4, 0.5) is 5.69 Å². The number of benzene rings is 2. The predicted octanol–water partition coefficient (Wildman–Crippen LogP) is 3.11. The third kappa shape index (κ3) is 6.92. The second kappa shape index (κ2) is 10.6. The highest BCUT2D eigenvalue weighted by Crippen LogP contribution is 2.21.